The third-order valence-corrected chi connectivity index (χ3v) is 6.40. The van der Waals surface area contributed by atoms with E-state index in [-0.39, 0.29) is 22.8 Å². The molecule has 1 amide bonds. The van der Waals surface area contributed by atoms with Gasteiger partial charge in [-0.15, -0.1) is 0 Å². The van der Waals surface area contributed by atoms with Crippen LogP contribution in [0.1, 0.15) is 31.2 Å². The lowest BCUT2D eigenvalue weighted by molar-refractivity contribution is -0.119. The summed E-state index contributed by atoms with van der Waals surface area (Å²) in [6.07, 6.45) is 4.51. The van der Waals surface area contributed by atoms with Gasteiger partial charge in [-0.2, -0.15) is 0 Å². The number of amides is 1. The van der Waals surface area contributed by atoms with Crippen LogP contribution in [0.3, 0.4) is 0 Å². The number of nitrogens with one attached hydrogen (secondary N) is 1. The van der Waals surface area contributed by atoms with Crippen molar-refractivity contribution in [3.63, 3.8) is 0 Å². The standard InChI is InChI=1S/C17H22N2O4S/c20-17(12-3-4-12)19-8-7-13-10-15(5-6-16(13)19)24(21,22)18-11-14-2-1-9-23-14/h5-6,10,12,14,18H,1-4,7-9,11H2/t14-/m1/s1. The number of hydrogen-bond donors (Lipinski definition) is 1. The second-order valence-corrected chi connectivity index (χ2v) is 8.56. The van der Waals surface area contributed by atoms with E-state index in [1.54, 1.807) is 18.2 Å². The zero-order valence-corrected chi connectivity index (χ0v) is 14.3. The summed E-state index contributed by atoms with van der Waals surface area (Å²) >= 11 is 0. The van der Waals surface area contributed by atoms with Crippen molar-refractivity contribution in [2.45, 2.75) is 43.1 Å². The first-order valence-electron chi connectivity index (χ1n) is 8.60. The van der Waals surface area contributed by atoms with Crippen molar-refractivity contribution in [3.8, 4) is 0 Å². The second-order valence-electron chi connectivity index (χ2n) is 6.79. The molecule has 2 heterocycles. The number of nitrogens with zero attached hydrogens (tertiary/aromatic N) is 1. The molecule has 1 N–H and O–H groups in total. The van der Waals surface area contributed by atoms with E-state index >= 15 is 0 Å². The zero-order valence-electron chi connectivity index (χ0n) is 13.5. The van der Waals surface area contributed by atoms with Crippen molar-refractivity contribution >= 4 is 21.6 Å². The Morgan fingerprint density at radius 1 is 1.29 bits per heavy atom. The Morgan fingerprint density at radius 2 is 2.12 bits per heavy atom. The molecular formula is C17H22N2O4S. The van der Waals surface area contributed by atoms with Crippen LogP contribution in [0.25, 0.3) is 0 Å². The van der Waals surface area contributed by atoms with Crippen LogP contribution in [0.2, 0.25) is 0 Å². The monoisotopic (exact) mass is 350 g/mol. The Kier molecular flexibility index (Phi) is 4.10. The summed E-state index contributed by atoms with van der Waals surface area (Å²) in [4.78, 5) is 14.4. The molecule has 1 atom stereocenters. The summed E-state index contributed by atoms with van der Waals surface area (Å²) in [5, 5.41) is 0. The van der Waals surface area contributed by atoms with Crippen molar-refractivity contribution in [3.05, 3.63) is 23.8 Å². The van der Waals surface area contributed by atoms with Gasteiger partial charge in [0.25, 0.3) is 0 Å². The average Bonchev–Trinajstić information content (AvgIpc) is 3.13. The molecule has 0 aromatic heterocycles. The number of rotatable bonds is 5. The molecule has 2 fully saturated rings. The Bertz CT molecular complexity index is 752. The Labute approximate surface area is 142 Å². The second kappa shape index (κ2) is 6.13. The number of hydrogen-bond acceptors (Lipinski definition) is 4. The predicted molar refractivity (Wildman–Crippen MR) is 89.4 cm³/mol. The fourth-order valence-electron chi connectivity index (χ4n) is 3.42. The molecule has 1 aromatic rings. The molecule has 0 spiro atoms. The molecule has 6 nitrogen and oxygen atoms in total. The maximum Gasteiger partial charge on any atom is 0.240 e. The summed E-state index contributed by atoms with van der Waals surface area (Å²) in [5.74, 6) is 0.355. The maximum atomic E-state index is 12.5. The van der Waals surface area contributed by atoms with Crippen LogP contribution >= 0.6 is 0 Å². The average molecular weight is 350 g/mol. The van der Waals surface area contributed by atoms with Crippen molar-refractivity contribution in [2.24, 2.45) is 5.92 Å². The van der Waals surface area contributed by atoms with E-state index < -0.39 is 10.0 Å². The lowest BCUT2D eigenvalue weighted by Crippen LogP contribution is -2.32. The molecule has 1 saturated carbocycles. The summed E-state index contributed by atoms with van der Waals surface area (Å²) < 4.78 is 33.0. The highest BCUT2D eigenvalue weighted by atomic mass is 32.2. The van der Waals surface area contributed by atoms with Crippen LogP contribution in [0.4, 0.5) is 5.69 Å². The SMILES string of the molecule is O=C(C1CC1)N1CCc2cc(S(=O)(=O)NC[C@H]3CCCO3)ccc21. The minimum absolute atomic E-state index is 0.0270. The number of sulfonamides is 1. The van der Waals surface area contributed by atoms with E-state index in [4.69, 9.17) is 4.74 Å². The Hall–Kier alpha value is -1.44. The summed E-state index contributed by atoms with van der Waals surface area (Å²) in [6.45, 7) is 1.67. The van der Waals surface area contributed by atoms with Crippen LogP contribution in [0.5, 0.6) is 0 Å². The third-order valence-electron chi connectivity index (χ3n) is 4.97. The molecule has 1 aliphatic carbocycles. The number of carbonyl (C=O) groups excluding carboxylic acids is 1. The fourth-order valence-corrected chi connectivity index (χ4v) is 4.53. The first kappa shape index (κ1) is 16.1. The molecule has 0 radical (unpaired) electrons. The first-order chi connectivity index (χ1) is 11.5. The number of ether oxygens (including phenoxy) is 1. The molecule has 130 valence electrons. The summed E-state index contributed by atoms with van der Waals surface area (Å²) in [7, 11) is -3.54. The van der Waals surface area contributed by atoms with Gasteiger partial charge in [0.05, 0.1) is 11.0 Å². The highest BCUT2D eigenvalue weighted by Crippen LogP contribution is 2.37. The van der Waals surface area contributed by atoms with E-state index in [1.807, 2.05) is 4.90 Å². The molecule has 3 aliphatic rings. The third kappa shape index (κ3) is 3.08. The zero-order chi connectivity index (χ0) is 16.7. The van der Waals surface area contributed by atoms with Gasteiger partial charge in [-0.05, 0) is 55.9 Å². The highest BCUT2D eigenvalue weighted by Gasteiger charge is 2.36. The first-order valence-corrected chi connectivity index (χ1v) is 10.1. The largest absolute Gasteiger partial charge is 0.377 e. The van der Waals surface area contributed by atoms with Gasteiger partial charge in [0.15, 0.2) is 0 Å². The number of benzene rings is 1. The van der Waals surface area contributed by atoms with Gasteiger partial charge in [0.1, 0.15) is 0 Å². The lowest BCUT2D eigenvalue weighted by Gasteiger charge is -2.17. The van der Waals surface area contributed by atoms with Crippen molar-refractivity contribution in [1.82, 2.24) is 4.72 Å². The van der Waals surface area contributed by atoms with Gasteiger partial charge < -0.3 is 9.64 Å². The molecular weight excluding hydrogens is 328 g/mol. The lowest BCUT2D eigenvalue weighted by atomic mass is 10.2. The number of anilines is 1. The molecule has 4 rings (SSSR count). The van der Waals surface area contributed by atoms with Gasteiger partial charge >= 0.3 is 0 Å². The van der Waals surface area contributed by atoms with Gasteiger partial charge in [0.2, 0.25) is 15.9 Å². The van der Waals surface area contributed by atoms with Crippen molar-refractivity contribution in [2.75, 3.05) is 24.6 Å². The van der Waals surface area contributed by atoms with Gasteiger partial charge in [-0.25, -0.2) is 13.1 Å². The maximum absolute atomic E-state index is 12.5. The molecule has 1 aromatic carbocycles. The van der Waals surface area contributed by atoms with Crippen LogP contribution in [0, 0.1) is 5.92 Å². The molecule has 0 unspecified atom stereocenters. The number of fused-ring (bicyclic) bond motifs is 1. The minimum Gasteiger partial charge on any atom is -0.377 e. The minimum atomic E-state index is -3.54. The van der Waals surface area contributed by atoms with E-state index in [0.717, 1.165) is 36.9 Å². The topological polar surface area (TPSA) is 75.7 Å². The van der Waals surface area contributed by atoms with Crippen molar-refractivity contribution < 1.29 is 17.9 Å². The van der Waals surface area contributed by atoms with Crippen molar-refractivity contribution in [1.29, 1.82) is 0 Å². The van der Waals surface area contributed by atoms with Crippen LogP contribution in [-0.2, 0) is 26.0 Å². The van der Waals surface area contributed by atoms with E-state index in [1.165, 1.54) is 0 Å². The Balaban J connectivity index is 1.49. The summed E-state index contributed by atoms with van der Waals surface area (Å²) in [5.41, 5.74) is 1.80. The fraction of sp³-hybridized carbons (Fsp3) is 0.588. The molecule has 24 heavy (non-hydrogen) atoms. The summed E-state index contributed by atoms with van der Waals surface area (Å²) in [6, 6.07) is 5.06. The predicted octanol–water partition coefficient (Wildman–Crippen LogP) is 1.44. The normalized spacial score (nSPS) is 23.5. The van der Waals surface area contributed by atoms with Crippen LogP contribution in [0.15, 0.2) is 23.1 Å². The van der Waals surface area contributed by atoms with Gasteiger partial charge in [0, 0.05) is 31.3 Å². The van der Waals surface area contributed by atoms with E-state index in [0.29, 0.717) is 26.1 Å². The molecule has 7 heteroatoms. The van der Waals surface area contributed by atoms with Gasteiger partial charge in [-0.1, -0.05) is 0 Å². The molecule has 1 saturated heterocycles. The van der Waals surface area contributed by atoms with E-state index in [2.05, 4.69) is 4.72 Å². The molecule has 0 bridgehead atoms. The van der Waals surface area contributed by atoms with E-state index in [9.17, 15) is 13.2 Å². The quantitative estimate of drug-likeness (QED) is 0.872. The smallest absolute Gasteiger partial charge is 0.240 e. The van der Waals surface area contributed by atoms with Gasteiger partial charge in [-0.3, -0.25) is 4.79 Å². The highest BCUT2D eigenvalue weighted by molar-refractivity contribution is 7.89. The van der Waals surface area contributed by atoms with Crippen LogP contribution < -0.4 is 9.62 Å². The van der Waals surface area contributed by atoms with Crippen LogP contribution in [-0.4, -0.2) is 40.1 Å². The number of carbonyl (C=O) groups is 1. The Morgan fingerprint density at radius 3 is 2.83 bits per heavy atom. The molecule has 2 aliphatic heterocycles.